The molecule has 0 radical (unpaired) electrons. The third-order valence-corrected chi connectivity index (χ3v) is 4.71. The van der Waals surface area contributed by atoms with E-state index in [1.807, 2.05) is 24.3 Å². The lowest BCUT2D eigenvalue weighted by Gasteiger charge is -2.18. The highest BCUT2D eigenvalue weighted by molar-refractivity contribution is 5.92. The van der Waals surface area contributed by atoms with Gasteiger partial charge in [-0.3, -0.25) is 0 Å². The zero-order valence-corrected chi connectivity index (χ0v) is 13.5. The van der Waals surface area contributed by atoms with E-state index in [-0.39, 0.29) is 17.5 Å². The Kier molecular flexibility index (Phi) is 4.15. The molecule has 4 nitrogen and oxygen atoms in total. The van der Waals surface area contributed by atoms with Crippen molar-refractivity contribution < 1.29 is 8.78 Å². The smallest absolute Gasteiger partial charge is 0.146 e. The summed E-state index contributed by atoms with van der Waals surface area (Å²) < 4.78 is 27.6. The van der Waals surface area contributed by atoms with E-state index in [1.54, 1.807) is 0 Å². The summed E-state index contributed by atoms with van der Waals surface area (Å²) in [6.45, 7) is 1.74. The Hall–Kier alpha value is -2.44. The SMILES string of the molecule is NC(c1nc(-c2ccc(F)cc2F)c2ccccc2n1)C1CCNC1. The van der Waals surface area contributed by atoms with Gasteiger partial charge < -0.3 is 11.1 Å². The molecule has 0 bridgehead atoms. The number of nitrogens with one attached hydrogen (secondary N) is 1. The van der Waals surface area contributed by atoms with Crippen molar-refractivity contribution in [3.05, 3.63) is 59.9 Å². The Balaban J connectivity index is 1.89. The molecule has 1 saturated heterocycles. The van der Waals surface area contributed by atoms with E-state index in [2.05, 4.69) is 15.3 Å². The Labute approximate surface area is 144 Å². The molecule has 25 heavy (non-hydrogen) atoms. The lowest BCUT2D eigenvalue weighted by molar-refractivity contribution is 0.452. The molecule has 2 atom stereocenters. The minimum Gasteiger partial charge on any atom is -0.321 e. The number of nitrogens with zero attached hydrogens (tertiary/aromatic N) is 2. The van der Waals surface area contributed by atoms with E-state index >= 15 is 0 Å². The molecule has 2 heterocycles. The molecule has 0 amide bonds. The molecule has 0 saturated carbocycles. The number of fused-ring (bicyclic) bond motifs is 1. The summed E-state index contributed by atoms with van der Waals surface area (Å²) in [5, 5.41) is 4.00. The summed E-state index contributed by atoms with van der Waals surface area (Å²) in [4.78, 5) is 9.17. The van der Waals surface area contributed by atoms with Crippen LogP contribution in [-0.4, -0.2) is 23.1 Å². The van der Waals surface area contributed by atoms with Crippen molar-refractivity contribution in [3.63, 3.8) is 0 Å². The summed E-state index contributed by atoms with van der Waals surface area (Å²) in [6.07, 6.45) is 0.956. The first kappa shape index (κ1) is 16.1. The first-order valence-electron chi connectivity index (χ1n) is 8.32. The molecule has 1 fully saturated rings. The second kappa shape index (κ2) is 6.46. The zero-order valence-electron chi connectivity index (χ0n) is 13.5. The summed E-state index contributed by atoms with van der Waals surface area (Å²) in [7, 11) is 0. The van der Waals surface area contributed by atoms with Gasteiger partial charge in [-0.15, -0.1) is 0 Å². The lowest BCUT2D eigenvalue weighted by atomic mass is 9.98. The predicted octanol–water partition coefficient (Wildman–Crippen LogP) is 3.18. The van der Waals surface area contributed by atoms with Gasteiger partial charge in [0.2, 0.25) is 0 Å². The van der Waals surface area contributed by atoms with Crippen molar-refractivity contribution in [2.24, 2.45) is 11.7 Å². The van der Waals surface area contributed by atoms with Crippen LogP contribution in [0.3, 0.4) is 0 Å². The minimum atomic E-state index is -0.647. The van der Waals surface area contributed by atoms with Crippen LogP contribution in [0.4, 0.5) is 8.78 Å². The first-order chi connectivity index (χ1) is 12.1. The van der Waals surface area contributed by atoms with Crippen molar-refractivity contribution in [1.29, 1.82) is 0 Å². The maximum atomic E-state index is 14.4. The van der Waals surface area contributed by atoms with Gasteiger partial charge in [-0.25, -0.2) is 18.7 Å². The molecule has 3 aromatic rings. The second-order valence-corrected chi connectivity index (χ2v) is 6.35. The number of hydrogen-bond acceptors (Lipinski definition) is 4. The molecule has 2 aromatic carbocycles. The molecule has 0 spiro atoms. The highest BCUT2D eigenvalue weighted by Crippen LogP contribution is 2.31. The van der Waals surface area contributed by atoms with E-state index in [9.17, 15) is 8.78 Å². The standard InChI is InChI=1S/C19H18F2N4/c20-12-5-6-13(15(21)9-12)18-14-3-1-2-4-16(14)24-19(25-18)17(22)11-7-8-23-10-11/h1-6,9,11,17,23H,7-8,10,22H2. The van der Waals surface area contributed by atoms with Crippen LogP contribution >= 0.6 is 0 Å². The summed E-state index contributed by atoms with van der Waals surface area (Å²) in [6, 6.07) is 10.6. The van der Waals surface area contributed by atoms with Gasteiger partial charge in [-0.1, -0.05) is 18.2 Å². The van der Waals surface area contributed by atoms with Crippen LogP contribution in [0.25, 0.3) is 22.2 Å². The van der Waals surface area contributed by atoms with Crippen LogP contribution in [0.1, 0.15) is 18.3 Å². The van der Waals surface area contributed by atoms with Crippen LogP contribution in [-0.2, 0) is 0 Å². The van der Waals surface area contributed by atoms with Gasteiger partial charge in [-0.05, 0) is 43.6 Å². The van der Waals surface area contributed by atoms with Gasteiger partial charge in [0.15, 0.2) is 0 Å². The van der Waals surface area contributed by atoms with Gasteiger partial charge in [0.25, 0.3) is 0 Å². The Morgan fingerprint density at radius 3 is 2.72 bits per heavy atom. The Morgan fingerprint density at radius 1 is 1.12 bits per heavy atom. The maximum Gasteiger partial charge on any atom is 0.146 e. The molecule has 1 aliphatic rings. The van der Waals surface area contributed by atoms with Gasteiger partial charge >= 0.3 is 0 Å². The lowest BCUT2D eigenvalue weighted by Crippen LogP contribution is -2.25. The van der Waals surface area contributed by atoms with Crippen molar-refractivity contribution in [1.82, 2.24) is 15.3 Å². The molecule has 0 aliphatic carbocycles. The first-order valence-corrected chi connectivity index (χ1v) is 8.32. The van der Waals surface area contributed by atoms with Crippen LogP contribution in [0, 0.1) is 17.6 Å². The van der Waals surface area contributed by atoms with Crippen molar-refractivity contribution in [2.45, 2.75) is 12.5 Å². The van der Waals surface area contributed by atoms with Crippen LogP contribution < -0.4 is 11.1 Å². The van der Waals surface area contributed by atoms with Gasteiger partial charge in [-0.2, -0.15) is 0 Å². The monoisotopic (exact) mass is 340 g/mol. The number of rotatable bonds is 3. The Morgan fingerprint density at radius 2 is 1.96 bits per heavy atom. The fourth-order valence-electron chi connectivity index (χ4n) is 3.32. The third-order valence-electron chi connectivity index (χ3n) is 4.71. The van der Waals surface area contributed by atoms with E-state index in [4.69, 9.17) is 5.73 Å². The highest BCUT2D eigenvalue weighted by Gasteiger charge is 2.26. The Bertz CT molecular complexity index is 922. The molecule has 4 rings (SSSR count). The van der Waals surface area contributed by atoms with Crippen molar-refractivity contribution in [2.75, 3.05) is 13.1 Å². The fourth-order valence-corrected chi connectivity index (χ4v) is 3.32. The summed E-state index contributed by atoms with van der Waals surface area (Å²) in [5.41, 5.74) is 7.78. The second-order valence-electron chi connectivity index (χ2n) is 6.35. The van der Waals surface area contributed by atoms with Crippen LogP contribution in [0.15, 0.2) is 42.5 Å². The molecule has 2 unspecified atom stereocenters. The van der Waals surface area contributed by atoms with Crippen LogP contribution in [0.2, 0.25) is 0 Å². The average molecular weight is 340 g/mol. The summed E-state index contributed by atoms with van der Waals surface area (Å²) in [5.74, 6) is -0.530. The van der Waals surface area contributed by atoms with E-state index < -0.39 is 11.6 Å². The maximum absolute atomic E-state index is 14.4. The molecule has 3 N–H and O–H groups in total. The summed E-state index contributed by atoms with van der Waals surface area (Å²) >= 11 is 0. The number of halogens is 2. The minimum absolute atomic E-state index is 0.243. The van der Waals surface area contributed by atoms with Crippen molar-refractivity contribution >= 4 is 10.9 Å². The van der Waals surface area contributed by atoms with E-state index in [0.717, 1.165) is 25.6 Å². The number of para-hydroxylation sites is 1. The molecular weight excluding hydrogens is 322 g/mol. The van der Waals surface area contributed by atoms with Gasteiger partial charge in [0.05, 0.1) is 17.3 Å². The highest BCUT2D eigenvalue weighted by atomic mass is 19.1. The molecule has 6 heteroatoms. The number of aromatic nitrogens is 2. The van der Waals surface area contributed by atoms with Crippen molar-refractivity contribution in [3.8, 4) is 11.3 Å². The number of nitrogens with two attached hydrogens (primary N) is 1. The molecule has 1 aliphatic heterocycles. The average Bonchev–Trinajstić information content (AvgIpc) is 3.15. The van der Waals surface area contributed by atoms with E-state index in [1.165, 1.54) is 12.1 Å². The molecular formula is C19H18F2N4. The zero-order chi connectivity index (χ0) is 17.4. The normalized spacial score (nSPS) is 18.6. The van der Waals surface area contributed by atoms with Crippen LogP contribution in [0.5, 0.6) is 0 Å². The quantitative estimate of drug-likeness (QED) is 0.769. The molecule has 128 valence electrons. The largest absolute Gasteiger partial charge is 0.321 e. The third kappa shape index (κ3) is 2.99. The molecule has 1 aromatic heterocycles. The predicted molar refractivity (Wildman–Crippen MR) is 92.8 cm³/mol. The number of hydrogen-bond donors (Lipinski definition) is 2. The van der Waals surface area contributed by atoms with Gasteiger partial charge in [0, 0.05) is 17.0 Å². The number of benzene rings is 2. The van der Waals surface area contributed by atoms with Gasteiger partial charge in [0.1, 0.15) is 17.5 Å². The van der Waals surface area contributed by atoms with E-state index in [0.29, 0.717) is 22.4 Å². The topological polar surface area (TPSA) is 63.8 Å². The fraction of sp³-hybridized carbons (Fsp3) is 0.263.